The minimum atomic E-state index is -0.942. The zero-order valence-electron chi connectivity index (χ0n) is 19.7. The fourth-order valence-corrected chi connectivity index (χ4v) is 4.06. The Morgan fingerprint density at radius 3 is 2.47 bits per heavy atom. The molecule has 1 saturated carbocycles. The molecule has 0 spiro atoms. The summed E-state index contributed by atoms with van der Waals surface area (Å²) in [5.74, 6) is -0.0252. The van der Waals surface area contributed by atoms with Crippen LogP contribution in [0.15, 0.2) is 79.6 Å². The summed E-state index contributed by atoms with van der Waals surface area (Å²) in [6.45, 7) is 7.80. The van der Waals surface area contributed by atoms with Gasteiger partial charge in [0.1, 0.15) is 11.8 Å². The Morgan fingerprint density at radius 1 is 1.18 bits per heavy atom. The first-order valence-electron chi connectivity index (χ1n) is 11.3. The monoisotopic (exact) mass is 455 g/mol. The standard InChI is InChI=1S/C28H29N3O3/c1-5-25(32)31(22-10-8-21(9-11-22)28(3)14-15-28)26(20-7-6-16-29-18-20)27(33)30-24-13-12-23(34-4)17-19(24)2/h5-13,16-18,26H,1,14-15H2,2-4H3,(H,30,33). The summed E-state index contributed by atoms with van der Waals surface area (Å²) in [7, 11) is 1.60. The first-order chi connectivity index (χ1) is 16.4. The van der Waals surface area contributed by atoms with Crippen LogP contribution in [0.1, 0.15) is 42.5 Å². The van der Waals surface area contributed by atoms with Crippen LogP contribution >= 0.6 is 0 Å². The molecule has 2 aromatic carbocycles. The zero-order valence-corrected chi connectivity index (χ0v) is 19.7. The van der Waals surface area contributed by atoms with Crippen molar-refractivity contribution in [1.29, 1.82) is 0 Å². The minimum Gasteiger partial charge on any atom is -0.497 e. The van der Waals surface area contributed by atoms with E-state index in [9.17, 15) is 9.59 Å². The number of rotatable bonds is 8. The smallest absolute Gasteiger partial charge is 0.252 e. The lowest BCUT2D eigenvalue weighted by atomic mass is 9.97. The van der Waals surface area contributed by atoms with E-state index in [1.807, 2.05) is 37.3 Å². The first-order valence-corrected chi connectivity index (χ1v) is 11.3. The molecular weight excluding hydrogens is 426 g/mol. The summed E-state index contributed by atoms with van der Waals surface area (Å²) in [5, 5.41) is 2.98. The number of carbonyl (C=O) groups excluding carboxylic acids is 2. The van der Waals surface area contributed by atoms with Gasteiger partial charge in [0.15, 0.2) is 0 Å². The van der Waals surface area contributed by atoms with E-state index < -0.39 is 6.04 Å². The summed E-state index contributed by atoms with van der Waals surface area (Å²) < 4.78 is 5.27. The van der Waals surface area contributed by atoms with Crippen LogP contribution in [0.3, 0.4) is 0 Å². The molecule has 4 rings (SSSR count). The number of amides is 2. The average molecular weight is 456 g/mol. The maximum atomic E-state index is 13.7. The lowest BCUT2D eigenvalue weighted by Crippen LogP contribution is -2.41. The van der Waals surface area contributed by atoms with Gasteiger partial charge in [-0.3, -0.25) is 19.5 Å². The number of nitrogens with one attached hydrogen (secondary N) is 1. The topological polar surface area (TPSA) is 71.5 Å². The van der Waals surface area contributed by atoms with Crippen LogP contribution in [-0.4, -0.2) is 23.9 Å². The van der Waals surface area contributed by atoms with Crippen molar-refractivity contribution in [1.82, 2.24) is 4.98 Å². The average Bonchev–Trinajstić information content (AvgIpc) is 3.62. The summed E-state index contributed by atoms with van der Waals surface area (Å²) in [5.41, 5.74) is 4.15. The highest BCUT2D eigenvalue weighted by molar-refractivity contribution is 6.09. The molecule has 0 saturated heterocycles. The number of pyridine rings is 1. The predicted octanol–water partition coefficient (Wildman–Crippen LogP) is 5.35. The first kappa shape index (κ1) is 23.2. The van der Waals surface area contributed by atoms with Crippen LogP contribution in [0.2, 0.25) is 0 Å². The Bertz CT molecular complexity index is 1200. The highest BCUT2D eigenvalue weighted by Crippen LogP contribution is 2.48. The fraction of sp³-hybridized carbons (Fsp3) is 0.250. The Hall–Kier alpha value is -3.93. The highest BCUT2D eigenvalue weighted by Gasteiger charge is 2.39. The van der Waals surface area contributed by atoms with E-state index in [1.165, 1.54) is 16.5 Å². The van der Waals surface area contributed by atoms with Gasteiger partial charge in [-0.1, -0.05) is 31.7 Å². The number of aryl methyl sites for hydroxylation is 1. The van der Waals surface area contributed by atoms with Crippen molar-refractivity contribution in [2.45, 2.75) is 38.1 Å². The largest absolute Gasteiger partial charge is 0.497 e. The van der Waals surface area contributed by atoms with E-state index in [2.05, 4.69) is 23.8 Å². The summed E-state index contributed by atoms with van der Waals surface area (Å²) in [6, 6.07) is 15.9. The van der Waals surface area contributed by atoms with Crippen molar-refractivity contribution in [3.63, 3.8) is 0 Å². The molecule has 1 aliphatic carbocycles. The molecule has 1 atom stereocenters. The number of hydrogen-bond acceptors (Lipinski definition) is 4. The summed E-state index contributed by atoms with van der Waals surface area (Å²) in [6.07, 6.45) is 6.78. The quantitative estimate of drug-likeness (QED) is 0.465. The third kappa shape index (κ3) is 4.71. The van der Waals surface area contributed by atoms with Gasteiger partial charge >= 0.3 is 0 Å². The molecule has 6 nitrogen and oxygen atoms in total. The van der Waals surface area contributed by atoms with E-state index in [1.54, 1.807) is 43.8 Å². The van der Waals surface area contributed by atoms with Crippen LogP contribution in [0.25, 0.3) is 0 Å². The lowest BCUT2D eigenvalue weighted by Gasteiger charge is -2.31. The van der Waals surface area contributed by atoms with E-state index in [0.717, 1.165) is 18.4 Å². The van der Waals surface area contributed by atoms with Crippen LogP contribution in [-0.2, 0) is 15.0 Å². The predicted molar refractivity (Wildman–Crippen MR) is 134 cm³/mol. The van der Waals surface area contributed by atoms with Gasteiger partial charge in [0.25, 0.3) is 11.8 Å². The summed E-state index contributed by atoms with van der Waals surface area (Å²) in [4.78, 5) is 32.5. The second kappa shape index (κ2) is 9.51. The summed E-state index contributed by atoms with van der Waals surface area (Å²) >= 11 is 0. The highest BCUT2D eigenvalue weighted by atomic mass is 16.5. The molecule has 6 heteroatoms. The van der Waals surface area contributed by atoms with Gasteiger partial charge in [0.2, 0.25) is 0 Å². The third-order valence-electron chi connectivity index (χ3n) is 6.45. The van der Waals surface area contributed by atoms with E-state index in [0.29, 0.717) is 22.7 Å². The number of hydrogen-bond donors (Lipinski definition) is 1. The second-order valence-electron chi connectivity index (χ2n) is 8.88. The Kier molecular flexibility index (Phi) is 6.50. The maximum absolute atomic E-state index is 13.7. The van der Waals surface area contributed by atoms with Crippen molar-refractivity contribution in [2.24, 2.45) is 0 Å². The number of nitrogens with zero attached hydrogens (tertiary/aromatic N) is 2. The van der Waals surface area contributed by atoms with E-state index >= 15 is 0 Å². The van der Waals surface area contributed by atoms with Crippen LogP contribution in [0, 0.1) is 6.92 Å². The molecule has 174 valence electrons. The molecule has 1 N–H and O–H groups in total. The van der Waals surface area contributed by atoms with Gasteiger partial charge in [-0.15, -0.1) is 0 Å². The molecule has 1 heterocycles. The molecule has 1 aliphatic rings. The Balaban J connectivity index is 1.73. The SMILES string of the molecule is C=CC(=O)N(c1ccc(C2(C)CC2)cc1)C(C(=O)Nc1ccc(OC)cc1C)c1cccnc1. The number of methoxy groups -OCH3 is 1. The molecule has 0 aliphatic heterocycles. The van der Waals surface area contributed by atoms with Gasteiger partial charge in [0.05, 0.1) is 7.11 Å². The van der Waals surface area contributed by atoms with Gasteiger partial charge in [0, 0.05) is 29.3 Å². The Morgan fingerprint density at radius 2 is 1.91 bits per heavy atom. The molecular formula is C28H29N3O3. The molecule has 2 amide bonds. The lowest BCUT2D eigenvalue weighted by molar-refractivity contribution is -0.121. The molecule has 0 bridgehead atoms. The van der Waals surface area contributed by atoms with Crippen molar-refractivity contribution < 1.29 is 14.3 Å². The minimum absolute atomic E-state index is 0.206. The zero-order chi connectivity index (χ0) is 24.3. The number of carbonyl (C=O) groups is 2. The molecule has 34 heavy (non-hydrogen) atoms. The third-order valence-corrected chi connectivity index (χ3v) is 6.45. The Labute approximate surface area is 200 Å². The van der Waals surface area contributed by atoms with Gasteiger partial charge in [-0.05, 0) is 78.8 Å². The van der Waals surface area contributed by atoms with E-state index in [-0.39, 0.29) is 17.2 Å². The van der Waals surface area contributed by atoms with Crippen molar-refractivity contribution in [3.8, 4) is 5.75 Å². The van der Waals surface area contributed by atoms with Crippen LogP contribution in [0.4, 0.5) is 11.4 Å². The normalized spacial score (nSPS) is 14.6. The maximum Gasteiger partial charge on any atom is 0.252 e. The molecule has 1 fully saturated rings. The number of aromatic nitrogens is 1. The van der Waals surface area contributed by atoms with Crippen LogP contribution in [0.5, 0.6) is 5.75 Å². The number of ether oxygens (including phenoxy) is 1. The molecule has 1 unspecified atom stereocenters. The molecule has 1 aromatic heterocycles. The second-order valence-corrected chi connectivity index (χ2v) is 8.88. The molecule has 0 radical (unpaired) electrons. The van der Waals surface area contributed by atoms with Crippen molar-refractivity contribution in [3.05, 3.63) is 96.3 Å². The number of anilines is 2. The number of benzene rings is 2. The van der Waals surface area contributed by atoms with Gasteiger partial charge < -0.3 is 10.1 Å². The van der Waals surface area contributed by atoms with Crippen LogP contribution < -0.4 is 15.0 Å². The molecule has 3 aromatic rings. The fourth-order valence-electron chi connectivity index (χ4n) is 4.06. The van der Waals surface area contributed by atoms with Crippen molar-refractivity contribution >= 4 is 23.2 Å². The van der Waals surface area contributed by atoms with E-state index in [4.69, 9.17) is 4.74 Å². The van der Waals surface area contributed by atoms with Gasteiger partial charge in [-0.25, -0.2) is 0 Å². The van der Waals surface area contributed by atoms with Gasteiger partial charge in [-0.2, -0.15) is 0 Å². The van der Waals surface area contributed by atoms with Crippen molar-refractivity contribution in [2.75, 3.05) is 17.3 Å².